The van der Waals surface area contributed by atoms with E-state index < -0.39 is 11.9 Å². The van der Waals surface area contributed by atoms with Crippen LogP contribution < -0.4 is 10.6 Å². The van der Waals surface area contributed by atoms with E-state index in [1.165, 1.54) is 29.4 Å². The van der Waals surface area contributed by atoms with E-state index in [1.54, 1.807) is 36.1 Å². The lowest BCUT2D eigenvalue weighted by molar-refractivity contribution is -0.142. The first-order valence-corrected chi connectivity index (χ1v) is 11.8. The molecular weight excluding hydrogens is 499 g/mol. The van der Waals surface area contributed by atoms with Gasteiger partial charge in [-0.05, 0) is 42.8 Å². The number of amides is 1. The number of carbonyl (C=O) groups excluding carboxylic acids is 1. The Kier molecular flexibility index (Phi) is 5.38. The number of carbonyl (C=O) groups is 1. The Bertz CT molecular complexity index is 1720. The Morgan fingerprint density at radius 3 is 2.76 bits per heavy atom. The molecule has 2 N–H and O–H groups in total. The smallest absolute Gasteiger partial charge is 0.383 e. The molecule has 38 heavy (non-hydrogen) atoms. The maximum absolute atomic E-state index is 13.9. The molecule has 0 fully saturated rings. The van der Waals surface area contributed by atoms with E-state index in [0.717, 1.165) is 27.0 Å². The summed E-state index contributed by atoms with van der Waals surface area (Å²) < 4.78 is 48.9. The number of anilines is 2. The van der Waals surface area contributed by atoms with Crippen LogP contribution in [0.3, 0.4) is 0 Å². The molecule has 0 radical (unpaired) electrons. The number of aromatic nitrogens is 5. The summed E-state index contributed by atoms with van der Waals surface area (Å²) in [5.41, 5.74) is 8.92. The minimum Gasteiger partial charge on any atom is -0.383 e. The van der Waals surface area contributed by atoms with Crippen LogP contribution >= 0.6 is 0 Å². The van der Waals surface area contributed by atoms with Gasteiger partial charge < -0.3 is 10.5 Å². The summed E-state index contributed by atoms with van der Waals surface area (Å²) in [6, 6.07) is 8.90. The number of aryl methyl sites for hydroxylation is 1. The molecule has 12 heteroatoms. The monoisotopic (exact) mass is 521 g/mol. The fourth-order valence-corrected chi connectivity index (χ4v) is 4.91. The van der Waals surface area contributed by atoms with Gasteiger partial charge in [0, 0.05) is 36.0 Å². The van der Waals surface area contributed by atoms with Crippen molar-refractivity contribution in [3.05, 3.63) is 83.1 Å². The maximum Gasteiger partial charge on any atom is 0.431 e. The summed E-state index contributed by atoms with van der Waals surface area (Å²) in [6.45, 7) is 2.18. The number of imidazole rings is 1. The van der Waals surface area contributed by atoms with Crippen LogP contribution in [0.4, 0.5) is 24.7 Å². The van der Waals surface area contributed by atoms with Crippen molar-refractivity contribution in [3.8, 4) is 0 Å². The molecule has 5 heterocycles. The zero-order valence-corrected chi connectivity index (χ0v) is 20.4. The van der Waals surface area contributed by atoms with E-state index >= 15 is 0 Å². The molecular formula is C26H22F3N7O2. The summed E-state index contributed by atoms with van der Waals surface area (Å²) in [5.74, 6) is 0.0316. The molecule has 1 amide bonds. The van der Waals surface area contributed by atoms with Crippen LogP contribution in [-0.4, -0.2) is 30.1 Å². The lowest BCUT2D eigenvalue weighted by Crippen LogP contribution is -2.30. The van der Waals surface area contributed by atoms with Crippen LogP contribution in [0.5, 0.6) is 0 Å². The normalized spacial score (nSPS) is 15.3. The highest BCUT2D eigenvalue weighted by atomic mass is 19.4. The predicted octanol–water partition coefficient (Wildman–Crippen LogP) is 4.66. The molecule has 4 aromatic heterocycles. The number of halogens is 3. The van der Waals surface area contributed by atoms with Crippen molar-refractivity contribution >= 4 is 34.0 Å². The Morgan fingerprint density at radius 1 is 1.21 bits per heavy atom. The third kappa shape index (κ3) is 3.93. The highest BCUT2D eigenvalue weighted by molar-refractivity contribution is 6.08. The standard InChI is InChI=1S/C26H22F3N7O2/c1-14-23-19(13-38-14)18-8-15(6-7-20(18)33-24(23)30)25(37)35(17-9-31-34(2)12-17)10-16-11-36-21(26(27,28)29)4-3-5-22(36)32-16/h3-9,11-12,14H,10,13H2,1-2H3,(H2,30,33)/t14-/m1/s1. The molecule has 1 aliphatic heterocycles. The number of nitrogen functional groups attached to an aromatic ring is 1. The van der Waals surface area contributed by atoms with Crippen LogP contribution in [-0.2, 0) is 31.1 Å². The summed E-state index contributed by atoms with van der Waals surface area (Å²) in [4.78, 5) is 24.1. The lowest BCUT2D eigenvalue weighted by Gasteiger charge is -2.20. The third-order valence-electron chi connectivity index (χ3n) is 6.70. The number of fused-ring (bicyclic) bond motifs is 4. The van der Waals surface area contributed by atoms with E-state index in [0.29, 0.717) is 29.2 Å². The fourth-order valence-electron chi connectivity index (χ4n) is 4.91. The quantitative estimate of drug-likeness (QED) is 0.369. The largest absolute Gasteiger partial charge is 0.431 e. The van der Waals surface area contributed by atoms with E-state index in [2.05, 4.69) is 15.1 Å². The van der Waals surface area contributed by atoms with Gasteiger partial charge in [-0.3, -0.25) is 18.8 Å². The second-order valence-corrected chi connectivity index (χ2v) is 9.21. The molecule has 5 aromatic rings. The van der Waals surface area contributed by atoms with Crippen LogP contribution in [0.1, 0.15) is 45.9 Å². The van der Waals surface area contributed by atoms with Gasteiger partial charge in [0.1, 0.15) is 17.2 Å². The van der Waals surface area contributed by atoms with Crippen LogP contribution in [0.25, 0.3) is 16.6 Å². The molecule has 1 aromatic carbocycles. The Labute approximate surface area is 214 Å². The minimum absolute atomic E-state index is 0.0697. The second kappa shape index (κ2) is 8.55. The summed E-state index contributed by atoms with van der Waals surface area (Å²) in [6.07, 6.45) is -0.283. The number of alkyl halides is 3. The third-order valence-corrected chi connectivity index (χ3v) is 6.70. The van der Waals surface area contributed by atoms with Gasteiger partial charge in [-0.2, -0.15) is 18.3 Å². The first-order valence-electron chi connectivity index (χ1n) is 11.8. The van der Waals surface area contributed by atoms with Crippen molar-refractivity contribution in [2.75, 3.05) is 10.6 Å². The maximum atomic E-state index is 13.9. The van der Waals surface area contributed by atoms with Crippen molar-refractivity contribution in [1.82, 2.24) is 24.1 Å². The topological polar surface area (TPSA) is 104 Å². The van der Waals surface area contributed by atoms with E-state index in [9.17, 15) is 18.0 Å². The predicted molar refractivity (Wildman–Crippen MR) is 133 cm³/mol. The van der Waals surface area contributed by atoms with Crippen molar-refractivity contribution in [3.63, 3.8) is 0 Å². The summed E-state index contributed by atoms with van der Waals surface area (Å²) >= 11 is 0. The lowest BCUT2D eigenvalue weighted by atomic mass is 10.00. The average molecular weight is 522 g/mol. The number of hydrogen-bond acceptors (Lipinski definition) is 6. The van der Waals surface area contributed by atoms with Gasteiger partial charge in [0.2, 0.25) is 0 Å². The molecule has 9 nitrogen and oxygen atoms in total. The molecule has 6 rings (SSSR count). The average Bonchev–Trinajstić information content (AvgIpc) is 3.59. The molecule has 194 valence electrons. The van der Waals surface area contributed by atoms with Gasteiger partial charge in [-0.25, -0.2) is 9.97 Å². The summed E-state index contributed by atoms with van der Waals surface area (Å²) in [7, 11) is 1.71. The van der Waals surface area contributed by atoms with E-state index in [4.69, 9.17) is 10.5 Å². The molecule has 1 atom stereocenters. The molecule has 1 aliphatic rings. The van der Waals surface area contributed by atoms with Gasteiger partial charge in [0.25, 0.3) is 5.91 Å². The SMILES string of the molecule is C[C@H]1OCc2c1c(N)nc1ccc(C(=O)N(Cc3cn4c(C(F)(F)F)cccc4n3)c3cnn(C)c3)cc21. The highest BCUT2D eigenvalue weighted by Gasteiger charge is 2.34. The molecule has 0 aliphatic carbocycles. The zero-order chi connectivity index (χ0) is 26.8. The Hall–Kier alpha value is -4.45. The van der Waals surface area contributed by atoms with Crippen LogP contribution in [0.15, 0.2) is 55.0 Å². The minimum atomic E-state index is -4.56. The Morgan fingerprint density at radius 2 is 2.03 bits per heavy atom. The van der Waals surface area contributed by atoms with Gasteiger partial charge in [-0.1, -0.05) is 6.07 Å². The molecule has 0 saturated heterocycles. The van der Waals surface area contributed by atoms with Crippen molar-refractivity contribution in [2.24, 2.45) is 7.05 Å². The van der Waals surface area contributed by atoms with Gasteiger partial charge in [0.15, 0.2) is 0 Å². The molecule has 0 unspecified atom stereocenters. The van der Waals surface area contributed by atoms with E-state index in [1.807, 2.05) is 6.92 Å². The molecule has 0 spiro atoms. The second-order valence-electron chi connectivity index (χ2n) is 9.21. The summed E-state index contributed by atoms with van der Waals surface area (Å²) in [5, 5.41) is 4.93. The zero-order valence-electron chi connectivity index (χ0n) is 20.4. The number of rotatable bonds is 4. The van der Waals surface area contributed by atoms with E-state index in [-0.39, 0.29) is 29.9 Å². The van der Waals surface area contributed by atoms with Gasteiger partial charge in [0.05, 0.1) is 42.4 Å². The number of benzene rings is 1. The van der Waals surface area contributed by atoms with Crippen molar-refractivity contribution in [2.45, 2.75) is 32.4 Å². The number of ether oxygens (including phenoxy) is 1. The highest BCUT2D eigenvalue weighted by Crippen LogP contribution is 2.38. The number of nitrogens with two attached hydrogens (primary N) is 1. The first kappa shape index (κ1) is 23.9. The van der Waals surface area contributed by atoms with Crippen molar-refractivity contribution in [1.29, 1.82) is 0 Å². The van der Waals surface area contributed by atoms with Gasteiger partial charge in [-0.15, -0.1) is 0 Å². The fraction of sp³-hybridized carbons (Fsp3) is 0.231. The number of pyridine rings is 2. The van der Waals surface area contributed by atoms with Crippen molar-refractivity contribution < 1.29 is 22.7 Å². The van der Waals surface area contributed by atoms with Crippen LogP contribution in [0, 0.1) is 0 Å². The number of nitrogens with zero attached hydrogens (tertiary/aromatic N) is 6. The Balaban J connectivity index is 1.42. The molecule has 0 saturated carbocycles. The van der Waals surface area contributed by atoms with Gasteiger partial charge >= 0.3 is 6.18 Å². The number of hydrogen-bond donors (Lipinski definition) is 1. The first-order chi connectivity index (χ1) is 18.1. The van der Waals surface area contributed by atoms with Crippen LogP contribution in [0.2, 0.25) is 0 Å². The molecule has 0 bridgehead atoms.